The first kappa shape index (κ1) is 19.6. The van der Waals surface area contributed by atoms with Crippen LogP contribution in [0.15, 0.2) is 82.6 Å². The summed E-state index contributed by atoms with van der Waals surface area (Å²) >= 11 is 5.79. The predicted octanol–water partition coefficient (Wildman–Crippen LogP) is 4.12. The lowest BCUT2D eigenvalue weighted by Crippen LogP contribution is -2.12. The van der Waals surface area contributed by atoms with Gasteiger partial charge in [0.15, 0.2) is 0 Å². The molecule has 0 aliphatic heterocycles. The van der Waals surface area contributed by atoms with E-state index in [0.717, 1.165) is 0 Å². The van der Waals surface area contributed by atoms with E-state index < -0.39 is 21.7 Å². The number of hydrogen-bond acceptors (Lipinski definition) is 4. The van der Waals surface area contributed by atoms with Gasteiger partial charge in [0.1, 0.15) is 0 Å². The third-order valence-electron chi connectivity index (χ3n) is 3.92. The van der Waals surface area contributed by atoms with E-state index in [1.54, 1.807) is 6.07 Å². The Morgan fingerprint density at radius 2 is 1.39 bits per heavy atom. The smallest absolute Gasteiger partial charge is 0.335 e. The van der Waals surface area contributed by atoms with Gasteiger partial charge in [0.25, 0.3) is 5.91 Å². The van der Waals surface area contributed by atoms with Crippen LogP contribution in [0.1, 0.15) is 20.7 Å². The minimum Gasteiger partial charge on any atom is -0.478 e. The highest BCUT2D eigenvalue weighted by Gasteiger charge is 2.18. The van der Waals surface area contributed by atoms with Crippen molar-refractivity contribution in [3.05, 3.63) is 88.9 Å². The molecule has 0 aliphatic carbocycles. The number of anilines is 1. The Bertz CT molecular complexity index is 1140. The van der Waals surface area contributed by atoms with Crippen molar-refractivity contribution in [2.24, 2.45) is 0 Å². The Kier molecular flexibility index (Phi) is 5.48. The predicted molar refractivity (Wildman–Crippen MR) is 105 cm³/mol. The number of carboxylic acid groups (broad SMARTS) is 1. The van der Waals surface area contributed by atoms with Crippen molar-refractivity contribution in [1.82, 2.24) is 0 Å². The maximum absolute atomic E-state index is 12.6. The third kappa shape index (κ3) is 4.21. The van der Waals surface area contributed by atoms with Crippen LogP contribution in [0.3, 0.4) is 0 Å². The van der Waals surface area contributed by atoms with Gasteiger partial charge in [-0.3, -0.25) is 4.79 Å². The Hall–Kier alpha value is -3.16. The van der Waals surface area contributed by atoms with Gasteiger partial charge < -0.3 is 10.4 Å². The van der Waals surface area contributed by atoms with Crippen molar-refractivity contribution in [1.29, 1.82) is 0 Å². The van der Waals surface area contributed by atoms with Crippen molar-refractivity contribution in [2.45, 2.75) is 9.79 Å². The van der Waals surface area contributed by atoms with Crippen molar-refractivity contribution in [3.8, 4) is 0 Å². The summed E-state index contributed by atoms with van der Waals surface area (Å²) in [4.78, 5) is 23.5. The summed E-state index contributed by atoms with van der Waals surface area (Å²) in [5.74, 6) is -1.59. The van der Waals surface area contributed by atoms with E-state index in [0.29, 0.717) is 10.7 Å². The first-order chi connectivity index (χ1) is 13.3. The molecule has 8 heteroatoms. The molecule has 0 spiro atoms. The highest BCUT2D eigenvalue weighted by molar-refractivity contribution is 7.91. The summed E-state index contributed by atoms with van der Waals surface area (Å²) in [7, 11) is -3.73. The second kappa shape index (κ2) is 7.84. The van der Waals surface area contributed by atoms with E-state index in [9.17, 15) is 18.0 Å². The fraction of sp³-hybridized carbons (Fsp3) is 0. The number of rotatable bonds is 5. The molecule has 3 aromatic rings. The molecule has 0 saturated heterocycles. The second-order valence-corrected chi connectivity index (χ2v) is 8.21. The molecule has 3 aromatic carbocycles. The van der Waals surface area contributed by atoms with Crippen molar-refractivity contribution in [2.75, 3.05) is 5.32 Å². The summed E-state index contributed by atoms with van der Waals surface area (Å²) in [5.41, 5.74) is 0.598. The van der Waals surface area contributed by atoms with Gasteiger partial charge in [0.2, 0.25) is 9.84 Å². The Morgan fingerprint density at radius 3 is 1.96 bits per heavy atom. The zero-order chi connectivity index (χ0) is 20.3. The summed E-state index contributed by atoms with van der Waals surface area (Å²) in [5, 5.41) is 12.0. The molecule has 0 aromatic heterocycles. The van der Waals surface area contributed by atoms with Crippen LogP contribution in [0.4, 0.5) is 5.69 Å². The van der Waals surface area contributed by atoms with Gasteiger partial charge in [-0.15, -0.1) is 0 Å². The third-order valence-corrected chi connectivity index (χ3v) is 5.96. The summed E-state index contributed by atoms with van der Waals surface area (Å²) in [6.45, 7) is 0. The van der Waals surface area contributed by atoms with Crippen LogP contribution < -0.4 is 5.32 Å². The monoisotopic (exact) mass is 415 g/mol. The fourth-order valence-electron chi connectivity index (χ4n) is 2.47. The number of hydrogen-bond donors (Lipinski definition) is 2. The minimum atomic E-state index is -3.73. The standard InChI is InChI=1S/C20H14ClNO5S/c21-15-6-10-18(11-7-15)28(26,27)17-8-4-13(5-9-17)19(23)22-16-3-1-2-14(12-16)20(24)25/h1-12H,(H,22,23)(H,24,25). The van der Waals surface area contributed by atoms with E-state index in [4.69, 9.17) is 16.7 Å². The highest BCUT2D eigenvalue weighted by atomic mass is 35.5. The van der Waals surface area contributed by atoms with Gasteiger partial charge in [-0.25, -0.2) is 13.2 Å². The Balaban J connectivity index is 1.80. The topological polar surface area (TPSA) is 101 Å². The van der Waals surface area contributed by atoms with Gasteiger partial charge in [-0.1, -0.05) is 17.7 Å². The number of nitrogens with one attached hydrogen (secondary N) is 1. The first-order valence-electron chi connectivity index (χ1n) is 8.03. The molecule has 2 N–H and O–H groups in total. The van der Waals surface area contributed by atoms with Crippen LogP contribution in [0.2, 0.25) is 5.02 Å². The molecule has 0 bridgehead atoms. The van der Waals surface area contributed by atoms with Gasteiger partial charge in [0, 0.05) is 16.3 Å². The van der Waals surface area contributed by atoms with Crippen LogP contribution in [0.25, 0.3) is 0 Å². The molecule has 6 nitrogen and oxygen atoms in total. The number of amides is 1. The van der Waals surface area contributed by atoms with E-state index in [-0.39, 0.29) is 20.9 Å². The van der Waals surface area contributed by atoms with Crippen molar-refractivity contribution < 1.29 is 23.1 Å². The molecule has 3 rings (SSSR count). The molecule has 28 heavy (non-hydrogen) atoms. The Labute approximate surface area is 166 Å². The van der Waals surface area contributed by atoms with Gasteiger partial charge in [-0.05, 0) is 66.7 Å². The summed E-state index contributed by atoms with van der Waals surface area (Å²) in [6, 6.07) is 17.1. The number of sulfone groups is 1. The summed E-state index contributed by atoms with van der Waals surface area (Å²) < 4.78 is 25.2. The lowest BCUT2D eigenvalue weighted by Gasteiger charge is -2.08. The van der Waals surface area contributed by atoms with E-state index in [1.807, 2.05) is 0 Å². The Morgan fingerprint density at radius 1 is 0.821 bits per heavy atom. The molecule has 0 unspecified atom stereocenters. The lowest BCUT2D eigenvalue weighted by molar-refractivity contribution is 0.0696. The van der Waals surface area contributed by atoms with Gasteiger partial charge >= 0.3 is 5.97 Å². The fourth-order valence-corrected chi connectivity index (χ4v) is 3.86. The first-order valence-corrected chi connectivity index (χ1v) is 9.89. The minimum absolute atomic E-state index is 0.0410. The van der Waals surface area contributed by atoms with Crippen LogP contribution in [-0.2, 0) is 9.84 Å². The van der Waals surface area contributed by atoms with Crippen LogP contribution in [0, 0.1) is 0 Å². The second-order valence-electron chi connectivity index (χ2n) is 5.82. The molecule has 0 fully saturated rings. The zero-order valence-electron chi connectivity index (χ0n) is 14.3. The SMILES string of the molecule is O=C(O)c1cccc(NC(=O)c2ccc(S(=O)(=O)c3ccc(Cl)cc3)cc2)c1. The van der Waals surface area contributed by atoms with Crippen molar-refractivity contribution >= 4 is 39.0 Å². The van der Waals surface area contributed by atoms with E-state index in [1.165, 1.54) is 66.7 Å². The van der Waals surface area contributed by atoms with Crippen LogP contribution >= 0.6 is 11.6 Å². The maximum Gasteiger partial charge on any atom is 0.335 e. The highest BCUT2D eigenvalue weighted by Crippen LogP contribution is 2.23. The zero-order valence-corrected chi connectivity index (χ0v) is 15.9. The number of halogens is 1. The molecule has 0 saturated carbocycles. The summed E-state index contributed by atoms with van der Waals surface area (Å²) in [6.07, 6.45) is 0. The molecule has 1 amide bonds. The maximum atomic E-state index is 12.6. The molecule has 142 valence electrons. The average molecular weight is 416 g/mol. The number of carboxylic acids is 1. The van der Waals surface area contributed by atoms with Crippen LogP contribution in [0.5, 0.6) is 0 Å². The average Bonchev–Trinajstić information content (AvgIpc) is 2.68. The number of carbonyl (C=O) groups is 2. The van der Waals surface area contributed by atoms with E-state index >= 15 is 0 Å². The lowest BCUT2D eigenvalue weighted by atomic mass is 10.2. The molecule has 0 radical (unpaired) electrons. The molecular formula is C20H14ClNO5S. The number of aromatic carboxylic acids is 1. The number of carbonyl (C=O) groups excluding carboxylic acids is 1. The number of benzene rings is 3. The normalized spacial score (nSPS) is 11.0. The van der Waals surface area contributed by atoms with Crippen molar-refractivity contribution in [3.63, 3.8) is 0 Å². The molecule has 0 atom stereocenters. The molecule has 0 heterocycles. The van der Waals surface area contributed by atoms with E-state index in [2.05, 4.69) is 5.32 Å². The largest absolute Gasteiger partial charge is 0.478 e. The van der Waals surface area contributed by atoms with Crippen LogP contribution in [-0.4, -0.2) is 25.4 Å². The van der Waals surface area contributed by atoms with Gasteiger partial charge in [-0.2, -0.15) is 0 Å². The molecule has 0 aliphatic rings. The molecular weight excluding hydrogens is 402 g/mol. The van der Waals surface area contributed by atoms with Gasteiger partial charge in [0.05, 0.1) is 15.4 Å². The quantitative estimate of drug-likeness (QED) is 0.652.